The second-order valence-electron chi connectivity index (χ2n) is 6.56. The van der Waals surface area contributed by atoms with E-state index in [0.29, 0.717) is 25.3 Å². The van der Waals surface area contributed by atoms with Crippen molar-refractivity contribution in [1.82, 2.24) is 5.32 Å². The van der Waals surface area contributed by atoms with Gasteiger partial charge in [0.15, 0.2) is 12.2 Å². The van der Waals surface area contributed by atoms with Gasteiger partial charge in [-0.2, -0.15) is 0 Å². The van der Waals surface area contributed by atoms with Gasteiger partial charge >= 0.3 is 5.97 Å². The number of rotatable bonds is 11. The Morgan fingerprint density at radius 1 is 1.14 bits per heavy atom. The highest BCUT2D eigenvalue weighted by atomic mass is 19.1. The third-order valence-electron chi connectivity index (χ3n) is 4.27. The molecule has 0 aromatic heterocycles. The maximum atomic E-state index is 13.2. The van der Waals surface area contributed by atoms with E-state index in [1.807, 2.05) is 0 Å². The quantitative estimate of drug-likeness (QED) is 0.603. The molecule has 0 heterocycles. The van der Waals surface area contributed by atoms with Gasteiger partial charge in [0.25, 0.3) is 5.91 Å². The number of carbonyl (C=O) groups is 2. The van der Waals surface area contributed by atoms with Crippen molar-refractivity contribution in [2.75, 3.05) is 13.2 Å². The van der Waals surface area contributed by atoms with Crippen LogP contribution in [0.3, 0.4) is 0 Å². The number of halogens is 1. The van der Waals surface area contributed by atoms with Crippen LogP contribution in [0.15, 0.2) is 48.5 Å². The molecule has 0 fully saturated rings. The molecule has 0 radical (unpaired) electrons. The molecule has 2 rings (SSSR count). The number of carbonyl (C=O) groups excluding carboxylic acids is 1. The van der Waals surface area contributed by atoms with Crippen molar-refractivity contribution in [2.45, 2.75) is 38.9 Å². The van der Waals surface area contributed by atoms with Crippen molar-refractivity contribution >= 4 is 11.9 Å². The highest BCUT2D eigenvalue weighted by Crippen LogP contribution is 2.16. The summed E-state index contributed by atoms with van der Waals surface area (Å²) < 4.78 is 24.0. The first-order valence-corrected chi connectivity index (χ1v) is 9.51. The average Bonchev–Trinajstić information content (AvgIpc) is 2.69. The van der Waals surface area contributed by atoms with E-state index >= 15 is 0 Å². The molecule has 1 amide bonds. The zero-order valence-electron chi connectivity index (χ0n) is 16.6. The SMILES string of the molecule is CCO[C@H](Cc1ccc(OC(C)C(=O)NCCc2cccc(F)c2)cc1)C(=O)O. The third kappa shape index (κ3) is 7.54. The smallest absolute Gasteiger partial charge is 0.333 e. The van der Waals surface area contributed by atoms with Gasteiger partial charge in [0.1, 0.15) is 11.6 Å². The number of aliphatic carboxylic acids is 1. The standard InChI is InChI=1S/C22H26FNO5/c1-3-28-20(22(26)27)14-17-7-9-19(10-8-17)29-15(2)21(25)24-12-11-16-5-4-6-18(23)13-16/h4-10,13,15,20H,3,11-12,14H2,1-2H3,(H,24,25)(H,26,27)/t15?,20-/m1/s1. The van der Waals surface area contributed by atoms with Crippen LogP contribution in [-0.2, 0) is 27.2 Å². The molecule has 2 N–H and O–H groups in total. The van der Waals surface area contributed by atoms with Gasteiger partial charge in [-0.15, -0.1) is 0 Å². The van der Waals surface area contributed by atoms with E-state index in [1.165, 1.54) is 12.1 Å². The van der Waals surface area contributed by atoms with Gasteiger partial charge < -0.3 is 19.9 Å². The van der Waals surface area contributed by atoms with Gasteiger partial charge in [0, 0.05) is 19.6 Å². The summed E-state index contributed by atoms with van der Waals surface area (Å²) in [6.45, 7) is 4.09. The fourth-order valence-electron chi connectivity index (χ4n) is 2.76. The maximum absolute atomic E-state index is 13.2. The molecule has 0 aliphatic rings. The van der Waals surface area contributed by atoms with Crippen LogP contribution in [0.1, 0.15) is 25.0 Å². The molecule has 0 aliphatic carbocycles. The van der Waals surface area contributed by atoms with E-state index in [4.69, 9.17) is 14.6 Å². The highest BCUT2D eigenvalue weighted by Gasteiger charge is 2.18. The summed E-state index contributed by atoms with van der Waals surface area (Å²) in [5, 5.41) is 11.9. The van der Waals surface area contributed by atoms with Crippen LogP contribution in [0, 0.1) is 5.82 Å². The minimum atomic E-state index is -1.00. The lowest BCUT2D eigenvalue weighted by atomic mass is 10.1. The summed E-state index contributed by atoms with van der Waals surface area (Å²) in [4.78, 5) is 23.3. The van der Waals surface area contributed by atoms with Crippen LogP contribution in [0.25, 0.3) is 0 Å². The van der Waals surface area contributed by atoms with E-state index in [2.05, 4.69) is 5.32 Å². The molecule has 0 saturated heterocycles. The summed E-state index contributed by atoms with van der Waals surface area (Å²) in [5.41, 5.74) is 1.60. The van der Waals surface area contributed by atoms with Gasteiger partial charge in [-0.3, -0.25) is 4.79 Å². The molecular weight excluding hydrogens is 377 g/mol. The van der Waals surface area contributed by atoms with E-state index in [1.54, 1.807) is 50.2 Å². The summed E-state index contributed by atoms with van der Waals surface area (Å²) >= 11 is 0. The molecule has 2 atom stereocenters. The lowest BCUT2D eigenvalue weighted by Crippen LogP contribution is -2.37. The van der Waals surface area contributed by atoms with Crippen molar-refractivity contribution in [2.24, 2.45) is 0 Å². The molecule has 2 aromatic rings. The maximum Gasteiger partial charge on any atom is 0.333 e. The number of carboxylic acids is 1. The van der Waals surface area contributed by atoms with Gasteiger partial charge in [-0.1, -0.05) is 24.3 Å². The van der Waals surface area contributed by atoms with Crippen molar-refractivity contribution in [3.8, 4) is 5.75 Å². The predicted octanol–water partition coefficient (Wildman–Crippen LogP) is 2.98. The summed E-state index contributed by atoms with van der Waals surface area (Å²) in [5.74, 6) is -1.07. The fourth-order valence-corrected chi connectivity index (χ4v) is 2.76. The molecule has 0 spiro atoms. The second-order valence-corrected chi connectivity index (χ2v) is 6.56. The van der Waals surface area contributed by atoms with Crippen molar-refractivity contribution in [1.29, 1.82) is 0 Å². The zero-order chi connectivity index (χ0) is 21.2. The molecule has 0 bridgehead atoms. The number of hydrogen-bond donors (Lipinski definition) is 2. The Hall–Kier alpha value is -2.93. The Morgan fingerprint density at radius 3 is 2.48 bits per heavy atom. The monoisotopic (exact) mass is 403 g/mol. The lowest BCUT2D eigenvalue weighted by molar-refractivity contribution is -0.150. The lowest BCUT2D eigenvalue weighted by Gasteiger charge is -2.16. The molecule has 7 heteroatoms. The number of carboxylic acid groups (broad SMARTS) is 1. The average molecular weight is 403 g/mol. The topological polar surface area (TPSA) is 84.9 Å². The van der Waals surface area contributed by atoms with E-state index in [9.17, 15) is 14.0 Å². The largest absolute Gasteiger partial charge is 0.481 e. The molecule has 156 valence electrons. The van der Waals surface area contributed by atoms with Gasteiger partial charge in [0.2, 0.25) is 0 Å². The Balaban J connectivity index is 1.80. The molecule has 29 heavy (non-hydrogen) atoms. The number of benzene rings is 2. The third-order valence-corrected chi connectivity index (χ3v) is 4.27. The Morgan fingerprint density at radius 2 is 1.86 bits per heavy atom. The van der Waals surface area contributed by atoms with Gasteiger partial charge in [0.05, 0.1) is 0 Å². The molecule has 1 unspecified atom stereocenters. The van der Waals surface area contributed by atoms with Crippen LogP contribution >= 0.6 is 0 Å². The van der Waals surface area contributed by atoms with Crippen molar-refractivity contribution in [3.63, 3.8) is 0 Å². The Bertz CT molecular complexity index is 809. The molecule has 0 saturated carbocycles. The Kier molecular flexibility index (Phi) is 8.61. The zero-order valence-corrected chi connectivity index (χ0v) is 16.6. The van der Waals surface area contributed by atoms with Gasteiger partial charge in [-0.25, -0.2) is 9.18 Å². The first-order valence-electron chi connectivity index (χ1n) is 9.51. The predicted molar refractivity (Wildman–Crippen MR) is 106 cm³/mol. The van der Waals surface area contributed by atoms with Gasteiger partial charge in [-0.05, 0) is 55.7 Å². The molecule has 2 aromatic carbocycles. The number of nitrogens with one attached hydrogen (secondary N) is 1. The normalized spacial score (nSPS) is 12.8. The Labute approximate surface area is 169 Å². The van der Waals surface area contributed by atoms with Crippen LogP contribution in [-0.4, -0.2) is 42.3 Å². The number of amides is 1. The van der Waals surface area contributed by atoms with Crippen molar-refractivity contribution in [3.05, 3.63) is 65.5 Å². The van der Waals surface area contributed by atoms with Crippen molar-refractivity contribution < 1.29 is 28.6 Å². The minimum Gasteiger partial charge on any atom is -0.481 e. The van der Waals surface area contributed by atoms with E-state index < -0.39 is 18.2 Å². The second kappa shape index (κ2) is 11.2. The summed E-state index contributed by atoms with van der Waals surface area (Å²) in [6, 6.07) is 13.1. The molecular formula is C22H26FNO5. The number of ether oxygens (including phenoxy) is 2. The molecule has 6 nitrogen and oxygen atoms in total. The minimum absolute atomic E-state index is 0.250. The van der Waals surface area contributed by atoms with Crippen LogP contribution in [0.2, 0.25) is 0 Å². The molecule has 0 aliphatic heterocycles. The van der Waals surface area contributed by atoms with E-state index in [0.717, 1.165) is 11.1 Å². The number of hydrogen-bond acceptors (Lipinski definition) is 4. The summed E-state index contributed by atoms with van der Waals surface area (Å²) in [6.07, 6.45) is -0.826. The van der Waals surface area contributed by atoms with Crippen LogP contribution < -0.4 is 10.1 Å². The van der Waals surface area contributed by atoms with Crippen LogP contribution in [0.4, 0.5) is 4.39 Å². The summed E-state index contributed by atoms with van der Waals surface area (Å²) in [7, 11) is 0. The van der Waals surface area contributed by atoms with Crippen LogP contribution in [0.5, 0.6) is 5.75 Å². The highest BCUT2D eigenvalue weighted by molar-refractivity contribution is 5.80. The van der Waals surface area contributed by atoms with E-state index in [-0.39, 0.29) is 18.1 Å². The fraction of sp³-hybridized carbons (Fsp3) is 0.364. The first kappa shape index (κ1) is 22.4. The first-order chi connectivity index (χ1) is 13.9.